The zero-order chi connectivity index (χ0) is 18.8. The number of hydrogen-bond acceptors (Lipinski definition) is 3. The maximum atomic E-state index is 12.4. The van der Waals surface area contributed by atoms with Gasteiger partial charge in [-0.3, -0.25) is 4.79 Å². The van der Waals surface area contributed by atoms with Crippen LogP contribution in [0, 0.1) is 13.8 Å². The predicted molar refractivity (Wildman–Crippen MR) is 107 cm³/mol. The molecule has 4 nitrogen and oxygen atoms in total. The Kier molecular flexibility index (Phi) is 4.55. The Labute approximate surface area is 157 Å². The van der Waals surface area contributed by atoms with E-state index in [1.54, 1.807) is 6.07 Å². The van der Waals surface area contributed by atoms with E-state index in [9.17, 15) is 4.79 Å². The number of fused-ring (bicyclic) bond motifs is 3. The average Bonchev–Trinajstić information content (AvgIpc) is 3.09. The Morgan fingerprint density at radius 3 is 2.56 bits per heavy atom. The predicted octanol–water partition coefficient (Wildman–Crippen LogP) is 5.01. The first kappa shape index (κ1) is 17.2. The molecule has 0 fully saturated rings. The van der Waals surface area contributed by atoms with Gasteiger partial charge in [-0.1, -0.05) is 36.4 Å². The van der Waals surface area contributed by atoms with Crippen LogP contribution in [0.4, 0.5) is 0 Å². The Hall–Kier alpha value is -3.27. The van der Waals surface area contributed by atoms with Crippen molar-refractivity contribution in [2.24, 2.45) is 0 Å². The van der Waals surface area contributed by atoms with Crippen LogP contribution in [0.25, 0.3) is 21.7 Å². The lowest BCUT2D eigenvalue weighted by molar-refractivity contribution is 0.0921. The molecule has 4 rings (SSSR count). The van der Waals surface area contributed by atoms with E-state index < -0.39 is 0 Å². The smallest absolute Gasteiger partial charge is 0.287 e. The zero-order valence-electron chi connectivity index (χ0n) is 15.4. The summed E-state index contributed by atoms with van der Waals surface area (Å²) in [5.74, 6) is 0.893. The summed E-state index contributed by atoms with van der Waals surface area (Å²) in [6.07, 6.45) is 0. The minimum atomic E-state index is -0.237. The molecule has 27 heavy (non-hydrogen) atoms. The van der Waals surface area contributed by atoms with Crippen molar-refractivity contribution in [2.75, 3.05) is 13.2 Å². The van der Waals surface area contributed by atoms with Gasteiger partial charge >= 0.3 is 0 Å². The molecule has 0 saturated heterocycles. The van der Waals surface area contributed by atoms with Crippen molar-refractivity contribution in [2.45, 2.75) is 13.8 Å². The van der Waals surface area contributed by atoms with Crippen LogP contribution in [0.3, 0.4) is 0 Å². The summed E-state index contributed by atoms with van der Waals surface area (Å²) in [6, 6.07) is 19.8. The molecule has 0 aliphatic rings. The highest BCUT2D eigenvalue weighted by Gasteiger charge is 2.13. The molecule has 1 amide bonds. The van der Waals surface area contributed by atoms with Gasteiger partial charge < -0.3 is 14.5 Å². The van der Waals surface area contributed by atoms with Crippen molar-refractivity contribution < 1.29 is 13.9 Å². The van der Waals surface area contributed by atoms with Crippen LogP contribution in [-0.4, -0.2) is 19.1 Å². The van der Waals surface area contributed by atoms with Gasteiger partial charge in [0.05, 0.1) is 6.54 Å². The van der Waals surface area contributed by atoms with Gasteiger partial charge in [0.1, 0.15) is 17.9 Å². The van der Waals surface area contributed by atoms with E-state index in [1.165, 1.54) is 0 Å². The van der Waals surface area contributed by atoms with E-state index in [4.69, 9.17) is 9.15 Å². The van der Waals surface area contributed by atoms with Crippen LogP contribution in [0.5, 0.6) is 5.75 Å². The highest BCUT2D eigenvalue weighted by molar-refractivity contribution is 6.08. The van der Waals surface area contributed by atoms with Crippen molar-refractivity contribution in [3.05, 3.63) is 77.6 Å². The number of rotatable bonds is 5. The van der Waals surface area contributed by atoms with E-state index in [0.29, 0.717) is 24.5 Å². The molecule has 0 atom stereocenters. The third-order valence-electron chi connectivity index (χ3n) is 4.50. The highest BCUT2D eigenvalue weighted by Crippen LogP contribution is 2.28. The summed E-state index contributed by atoms with van der Waals surface area (Å²) in [7, 11) is 0. The van der Waals surface area contributed by atoms with Crippen molar-refractivity contribution in [3.8, 4) is 5.75 Å². The topological polar surface area (TPSA) is 51.5 Å². The molecule has 0 unspecified atom stereocenters. The van der Waals surface area contributed by atoms with Gasteiger partial charge in [-0.15, -0.1) is 0 Å². The Bertz CT molecular complexity index is 1110. The summed E-state index contributed by atoms with van der Waals surface area (Å²) in [5.41, 5.74) is 3.03. The maximum Gasteiger partial charge on any atom is 0.287 e. The molecule has 1 N–H and O–H groups in total. The lowest BCUT2D eigenvalue weighted by Gasteiger charge is -2.08. The molecule has 3 aromatic carbocycles. The van der Waals surface area contributed by atoms with Crippen molar-refractivity contribution in [1.82, 2.24) is 5.32 Å². The average molecular weight is 359 g/mol. The fourth-order valence-electron chi connectivity index (χ4n) is 3.34. The van der Waals surface area contributed by atoms with Crippen LogP contribution in [-0.2, 0) is 0 Å². The fraction of sp³-hybridized carbons (Fsp3) is 0.174. The minimum absolute atomic E-state index is 0.237. The molecule has 4 heteroatoms. The summed E-state index contributed by atoms with van der Waals surface area (Å²) in [6.45, 7) is 4.88. The summed E-state index contributed by atoms with van der Waals surface area (Å²) >= 11 is 0. The van der Waals surface area contributed by atoms with Crippen LogP contribution in [0.15, 0.2) is 65.1 Å². The van der Waals surface area contributed by atoms with Crippen LogP contribution >= 0.6 is 0 Å². The number of carbonyl (C=O) groups excluding carboxylic acids is 1. The van der Waals surface area contributed by atoms with Crippen LogP contribution < -0.4 is 10.1 Å². The molecule has 0 saturated carbocycles. The van der Waals surface area contributed by atoms with E-state index >= 15 is 0 Å². The summed E-state index contributed by atoms with van der Waals surface area (Å²) in [4.78, 5) is 12.4. The molecular formula is C23H21NO3. The second kappa shape index (κ2) is 7.16. The third-order valence-corrected chi connectivity index (χ3v) is 4.50. The van der Waals surface area contributed by atoms with Gasteiger partial charge in [0.25, 0.3) is 5.91 Å². The van der Waals surface area contributed by atoms with Gasteiger partial charge in [-0.2, -0.15) is 0 Å². The van der Waals surface area contributed by atoms with Gasteiger partial charge in [0, 0.05) is 5.39 Å². The standard InChI is InChI=1S/C23H21NO3/c1-15-11-16(2)13-18(12-15)26-10-9-24-23(25)22-14-20-19-6-4-3-5-17(19)7-8-21(20)27-22/h3-8,11-14H,9-10H2,1-2H3,(H,24,25). The number of ether oxygens (including phenoxy) is 1. The zero-order valence-corrected chi connectivity index (χ0v) is 15.4. The molecule has 1 aromatic heterocycles. The number of carbonyl (C=O) groups is 1. The molecule has 0 aliphatic carbocycles. The summed E-state index contributed by atoms with van der Waals surface area (Å²) < 4.78 is 11.5. The van der Waals surface area contributed by atoms with Crippen LogP contribution in [0.1, 0.15) is 21.7 Å². The number of amides is 1. The normalized spacial score (nSPS) is 11.0. The van der Waals surface area contributed by atoms with Gasteiger partial charge in [0.15, 0.2) is 5.76 Å². The van der Waals surface area contributed by atoms with Crippen molar-refractivity contribution >= 4 is 27.6 Å². The Morgan fingerprint density at radius 1 is 0.963 bits per heavy atom. The number of aryl methyl sites for hydroxylation is 2. The number of benzene rings is 3. The first-order valence-corrected chi connectivity index (χ1v) is 9.01. The summed E-state index contributed by atoms with van der Waals surface area (Å²) in [5, 5.41) is 6.00. The van der Waals surface area contributed by atoms with E-state index in [0.717, 1.165) is 33.0 Å². The largest absolute Gasteiger partial charge is 0.492 e. The first-order chi connectivity index (χ1) is 13.1. The van der Waals surface area contributed by atoms with Crippen LogP contribution in [0.2, 0.25) is 0 Å². The lowest BCUT2D eigenvalue weighted by Crippen LogP contribution is -2.27. The second-order valence-electron chi connectivity index (χ2n) is 6.74. The SMILES string of the molecule is Cc1cc(C)cc(OCCNC(=O)c2cc3c(ccc4ccccc43)o2)c1. The first-order valence-electron chi connectivity index (χ1n) is 9.01. The molecule has 0 aliphatic heterocycles. The molecule has 0 spiro atoms. The third kappa shape index (κ3) is 3.65. The number of furan rings is 1. The maximum absolute atomic E-state index is 12.4. The Balaban J connectivity index is 1.41. The number of nitrogens with one attached hydrogen (secondary N) is 1. The molecule has 0 radical (unpaired) electrons. The minimum Gasteiger partial charge on any atom is -0.492 e. The fourth-order valence-corrected chi connectivity index (χ4v) is 3.34. The monoisotopic (exact) mass is 359 g/mol. The molecule has 4 aromatic rings. The molecule has 1 heterocycles. The van der Waals surface area contributed by atoms with Gasteiger partial charge in [-0.25, -0.2) is 0 Å². The van der Waals surface area contributed by atoms with E-state index in [-0.39, 0.29) is 5.91 Å². The Morgan fingerprint density at radius 2 is 1.74 bits per heavy atom. The lowest BCUT2D eigenvalue weighted by atomic mass is 10.1. The van der Waals surface area contributed by atoms with Gasteiger partial charge in [-0.05, 0) is 60.0 Å². The van der Waals surface area contributed by atoms with E-state index in [2.05, 4.69) is 11.4 Å². The highest BCUT2D eigenvalue weighted by atomic mass is 16.5. The number of hydrogen-bond donors (Lipinski definition) is 1. The molecular weight excluding hydrogens is 338 g/mol. The van der Waals surface area contributed by atoms with Crippen molar-refractivity contribution in [3.63, 3.8) is 0 Å². The molecule has 136 valence electrons. The van der Waals surface area contributed by atoms with E-state index in [1.807, 2.05) is 62.4 Å². The quantitative estimate of drug-likeness (QED) is 0.510. The van der Waals surface area contributed by atoms with Gasteiger partial charge in [0.2, 0.25) is 0 Å². The molecule has 0 bridgehead atoms. The van der Waals surface area contributed by atoms with Crippen molar-refractivity contribution in [1.29, 1.82) is 0 Å². The second-order valence-corrected chi connectivity index (χ2v) is 6.74.